The van der Waals surface area contributed by atoms with Gasteiger partial charge in [-0.15, -0.1) is 0 Å². The number of benzene rings is 2. The summed E-state index contributed by atoms with van der Waals surface area (Å²) in [5, 5.41) is 0. The minimum atomic E-state index is -4.31. The van der Waals surface area contributed by atoms with Gasteiger partial charge >= 0.3 is 6.11 Å². The van der Waals surface area contributed by atoms with Crippen molar-refractivity contribution in [2.24, 2.45) is 0 Å². The van der Waals surface area contributed by atoms with Crippen molar-refractivity contribution in [3.05, 3.63) is 64.7 Å². The summed E-state index contributed by atoms with van der Waals surface area (Å²) in [5.41, 5.74) is -1.64. The van der Waals surface area contributed by atoms with Gasteiger partial charge in [0.05, 0.1) is 5.56 Å². The van der Waals surface area contributed by atoms with E-state index in [0.29, 0.717) is 24.3 Å². The number of para-hydroxylation sites is 1. The first-order chi connectivity index (χ1) is 9.72. The zero-order valence-electron chi connectivity index (χ0n) is 10.6. The maximum atomic E-state index is 13.8. The lowest BCUT2D eigenvalue weighted by Crippen LogP contribution is -2.23. The van der Waals surface area contributed by atoms with Crippen molar-refractivity contribution in [1.29, 1.82) is 0 Å². The number of hydrogen-bond donors (Lipinski definition) is 0. The Balaban J connectivity index is 2.43. The molecular formula is C14H8F6O. The average molecular weight is 306 g/mol. The standard InChI is InChI=1S/C14H8F6O/c1-7-11(17)5-8(6-12(7)18)14(19,20)21-13-9(15)3-2-4-10(13)16/h2-6H,1H3. The number of hydrogen-bond acceptors (Lipinski definition) is 1. The maximum Gasteiger partial charge on any atom is 0.427 e. The molecule has 2 aromatic rings. The highest BCUT2D eigenvalue weighted by Crippen LogP contribution is 2.35. The van der Waals surface area contributed by atoms with Crippen molar-refractivity contribution in [3.63, 3.8) is 0 Å². The van der Waals surface area contributed by atoms with Crippen LogP contribution in [0.25, 0.3) is 0 Å². The van der Waals surface area contributed by atoms with Gasteiger partial charge in [0.25, 0.3) is 0 Å². The molecule has 7 heteroatoms. The summed E-state index contributed by atoms with van der Waals surface area (Å²) in [6.45, 7) is 1.06. The number of rotatable bonds is 3. The molecule has 0 aliphatic carbocycles. The molecule has 0 bridgehead atoms. The molecule has 0 aromatic heterocycles. The third-order valence-electron chi connectivity index (χ3n) is 2.77. The van der Waals surface area contributed by atoms with Crippen LogP contribution >= 0.6 is 0 Å². The Bertz CT molecular complexity index is 640. The van der Waals surface area contributed by atoms with Crippen molar-refractivity contribution in [2.45, 2.75) is 13.0 Å². The Morgan fingerprint density at radius 1 is 0.857 bits per heavy atom. The van der Waals surface area contributed by atoms with Crippen molar-refractivity contribution in [3.8, 4) is 5.75 Å². The highest BCUT2D eigenvalue weighted by atomic mass is 19.3. The number of ether oxygens (including phenoxy) is 1. The second kappa shape index (κ2) is 5.31. The first-order valence-corrected chi connectivity index (χ1v) is 5.69. The summed E-state index contributed by atoms with van der Waals surface area (Å²) in [7, 11) is 0. The van der Waals surface area contributed by atoms with E-state index in [4.69, 9.17) is 0 Å². The topological polar surface area (TPSA) is 9.23 Å². The summed E-state index contributed by atoms with van der Waals surface area (Å²) in [6, 6.07) is 3.07. The van der Waals surface area contributed by atoms with Gasteiger partial charge in [0.15, 0.2) is 17.4 Å². The van der Waals surface area contributed by atoms with E-state index in [0.717, 1.165) is 13.0 Å². The van der Waals surface area contributed by atoms with Crippen LogP contribution in [0.3, 0.4) is 0 Å². The quantitative estimate of drug-likeness (QED) is 0.748. The van der Waals surface area contributed by atoms with E-state index in [1.54, 1.807) is 0 Å². The number of alkyl halides is 2. The van der Waals surface area contributed by atoms with E-state index in [-0.39, 0.29) is 0 Å². The van der Waals surface area contributed by atoms with E-state index in [1.807, 2.05) is 0 Å². The van der Waals surface area contributed by atoms with Crippen LogP contribution in [0.1, 0.15) is 11.1 Å². The third kappa shape index (κ3) is 2.96. The monoisotopic (exact) mass is 306 g/mol. The molecule has 0 radical (unpaired) electrons. The molecule has 0 aliphatic rings. The second-order valence-corrected chi connectivity index (χ2v) is 4.23. The van der Waals surface area contributed by atoms with Crippen LogP contribution < -0.4 is 4.74 Å². The summed E-state index contributed by atoms with van der Waals surface area (Å²) in [5.74, 6) is -6.49. The molecule has 0 unspecified atom stereocenters. The third-order valence-corrected chi connectivity index (χ3v) is 2.77. The fourth-order valence-corrected chi connectivity index (χ4v) is 1.58. The van der Waals surface area contributed by atoms with E-state index >= 15 is 0 Å². The lowest BCUT2D eigenvalue weighted by Gasteiger charge is -2.19. The van der Waals surface area contributed by atoms with Gasteiger partial charge in [-0.3, -0.25) is 0 Å². The van der Waals surface area contributed by atoms with Gasteiger partial charge in [0, 0.05) is 5.56 Å². The van der Waals surface area contributed by atoms with Gasteiger partial charge in [-0.2, -0.15) is 8.78 Å². The molecule has 0 spiro atoms. The Labute approximate surface area is 115 Å². The predicted octanol–water partition coefficient (Wildman–Crippen LogP) is 4.68. The zero-order valence-corrected chi connectivity index (χ0v) is 10.6. The fraction of sp³-hybridized carbons (Fsp3) is 0.143. The van der Waals surface area contributed by atoms with Gasteiger partial charge in [-0.1, -0.05) is 6.07 Å². The van der Waals surface area contributed by atoms with Gasteiger partial charge < -0.3 is 4.74 Å². The molecule has 112 valence electrons. The number of halogens is 6. The molecule has 0 aliphatic heterocycles. The second-order valence-electron chi connectivity index (χ2n) is 4.23. The largest absolute Gasteiger partial charge is 0.427 e. The first kappa shape index (κ1) is 15.2. The molecular weight excluding hydrogens is 298 g/mol. The first-order valence-electron chi connectivity index (χ1n) is 5.69. The molecule has 2 aromatic carbocycles. The van der Waals surface area contributed by atoms with Crippen molar-refractivity contribution < 1.29 is 31.1 Å². The van der Waals surface area contributed by atoms with Gasteiger partial charge in [-0.25, -0.2) is 17.6 Å². The molecule has 21 heavy (non-hydrogen) atoms. The van der Waals surface area contributed by atoms with Crippen LogP contribution in [0, 0.1) is 30.2 Å². The molecule has 0 N–H and O–H groups in total. The maximum absolute atomic E-state index is 13.8. The predicted molar refractivity (Wildman–Crippen MR) is 62.0 cm³/mol. The summed E-state index contributed by atoms with van der Waals surface area (Å²) >= 11 is 0. The van der Waals surface area contributed by atoms with Crippen LogP contribution in [0.5, 0.6) is 5.75 Å². The molecule has 0 saturated heterocycles. The van der Waals surface area contributed by atoms with E-state index in [9.17, 15) is 26.3 Å². The highest BCUT2D eigenvalue weighted by Gasteiger charge is 2.37. The molecule has 0 saturated carbocycles. The van der Waals surface area contributed by atoms with Crippen molar-refractivity contribution in [1.82, 2.24) is 0 Å². The Morgan fingerprint density at radius 2 is 1.33 bits per heavy atom. The van der Waals surface area contributed by atoms with Gasteiger partial charge in [0.1, 0.15) is 11.6 Å². The molecule has 0 amide bonds. The average Bonchev–Trinajstić information content (AvgIpc) is 2.40. The summed E-state index contributed by atoms with van der Waals surface area (Å²) in [4.78, 5) is 0. The molecule has 1 nitrogen and oxygen atoms in total. The minimum Gasteiger partial charge on any atom is -0.423 e. The van der Waals surface area contributed by atoms with Crippen molar-refractivity contribution in [2.75, 3.05) is 0 Å². The Hall–Kier alpha value is -2.18. The molecule has 0 fully saturated rings. The smallest absolute Gasteiger partial charge is 0.423 e. The van der Waals surface area contributed by atoms with Crippen LogP contribution in [0.2, 0.25) is 0 Å². The lowest BCUT2D eigenvalue weighted by atomic mass is 10.1. The van der Waals surface area contributed by atoms with Gasteiger partial charge in [-0.05, 0) is 31.2 Å². The zero-order chi connectivity index (χ0) is 15.8. The molecule has 0 atom stereocenters. The van der Waals surface area contributed by atoms with E-state index < -0.39 is 46.3 Å². The molecule has 2 rings (SSSR count). The van der Waals surface area contributed by atoms with Crippen LogP contribution in [0.15, 0.2) is 30.3 Å². The SMILES string of the molecule is Cc1c(F)cc(C(F)(F)Oc2c(F)cccc2F)cc1F. The Morgan fingerprint density at radius 3 is 1.81 bits per heavy atom. The van der Waals surface area contributed by atoms with Crippen LogP contribution in [0.4, 0.5) is 26.3 Å². The minimum absolute atomic E-state index is 0.344. The van der Waals surface area contributed by atoms with E-state index in [2.05, 4.69) is 4.74 Å². The highest BCUT2D eigenvalue weighted by molar-refractivity contribution is 5.30. The van der Waals surface area contributed by atoms with Crippen molar-refractivity contribution >= 4 is 0 Å². The Kier molecular flexibility index (Phi) is 3.85. The summed E-state index contributed by atoms with van der Waals surface area (Å²) in [6.07, 6.45) is -4.31. The summed E-state index contributed by atoms with van der Waals surface area (Å²) < 4.78 is 84.7. The van der Waals surface area contributed by atoms with Gasteiger partial charge in [0.2, 0.25) is 0 Å². The molecule has 0 heterocycles. The van der Waals surface area contributed by atoms with Crippen LogP contribution in [-0.4, -0.2) is 0 Å². The van der Waals surface area contributed by atoms with E-state index in [1.165, 1.54) is 0 Å². The van der Waals surface area contributed by atoms with Crippen LogP contribution in [-0.2, 0) is 6.11 Å². The fourth-order valence-electron chi connectivity index (χ4n) is 1.58. The normalized spacial score (nSPS) is 11.6. The lowest BCUT2D eigenvalue weighted by molar-refractivity contribution is -0.188.